The van der Waals surface area contributed by atoms with Crippen LogP contribution in [0.1, 0.15) is 31.6 Å². The molecule has 1 atom stereocenters. The highest BCUT2D eigenvalue weighted by Gasteiger charge is 2.20. The fourth-order valence-corrected chi connectivity index (χ4v) is 2.07. The fourth-order valence-electron chi connectivity index (χ4n) is 1.89. The van der Waals surface area contributed by atoms with Crippen molar-refractivity contribution in [3.05, 3.63) is 41.0 Å². The molecule has 1 aromatic carbocycles. The molecule has 118 valence electrons. The molecule has 0 unspecified atom stereocenters. The largest absolute Gasteiger partial charge is 0.338 e. The van der Waals surface area contributed by atoms with Crippen LogP contribution in [0.5, 0.6) is 0 Å². The number of aromatic nitrogens is 2. The van der Waals surface area contributed by atoms with Gasteiger partial charge in [-0.1, -0.05) is 35.8 Å². The summed E-state index contributed by atoms with van der Waals surface area (Å²) in [5, 5.41) is 7.16. The number of anilines is 1. The van der Waals surface area contributed by atoms with E-state index < -0.39 is 0 Å². The molecule has 0 fully saturated rings. The van der Waals surface area contributed by atoms with Gasteiger partial charge in [-0.3, -0.25) is 9.69 Å². The second-order valence-electron chi connectivity index (χ2n) is 5.02. The normalized spacial score (nSPS) is 12.4. The molecule has 0 bridgehead atoms. The first-order chi connectivity index (χ1) is 10.5. The molecule has 1 heterocycles. The number of benzene rings is 1. The Morgan fingerprint density at radius 3 is 2.82 bits per heavy atom. The van der Waals surface area contributed by atoms with Gasteiger partial charge >= 0.3 is 0 Å². The van der Waals surface area contributed by atoms with E-state index in [9.17, 15) is 4.79 Å². The SMILES string of the molecule is CCc1noc([C@H](C)N(C)CC(=O)Nc2ccccc2Cl)n1. The summed E-state index contributed by atoms with van der Waals surface area (Å²) in [6.45, 7) is 4.06. The molecular weight excluding hydrogens is 304 g/mol. The summed E-state index contributed by atoms with van der Waals surface area (Å²) in [6, 6.07) is 6.97. The Morgan fingerprint density at radius 1 is 1.45 bits per heavy atom. The van der Waals surface area contributed by atoms with Crippen molar-refractivity contribution in [3.8, 4) is 0 Å². The van der Waals surface area contributed by atoms with Crippen LogP contribution < -0.4 is 5.32 Å². The summed E-state index contributed by atoms with van der Waals surface area (Å²) in [4.78, 5) is 18.2. The Hall–Kier alpha value is -1.92. The van der Waals surface area contributed by atoms with Crippen molar-refractivity contribution in [1.82, 2.24) is 15.0 Å². The molecular formula is C15H19ClN4O2. The van der Waals surface area contributed by atoms with E-state index in [2.05, 4.69) is 15.5 Å². The minimum atomic E-state index is -0.155. The molecule has 1 N–H and O–H groups in total. The number of halogens is 1. The number of nitrogens with one attached hydrogen (secondary N) is 1. The quantitative estimate of drug-likeness (QED) is 0.885. The number of hydrogen-bond donors (Lipinski definition) is 1. The van der Waals surface area contributed by atoms with Crippen LogP contribution in [0, 0.1) is 0 Å². The predicted molar refractivity (Wildman–Crippen MR) is 84.8 cm³/mol. The second-order valence-corrected chi connectivity index (χ2v) is 5.43. The van der Waals surface area contributed by atoms with Crippen molar-refractivity contribution < 1.29 is 9.32 Å². The lowest BCUT2D eigenvalue weighted by atomic mass is 10.3. The van der Waals surface area contributed by atoms with Crippen LogP contribution in [0.25, 0.3) is 0 Å². The number of nitrogens with zero attached hydrogens (tertiary/aromatic N) is 3. The van der Waals surface area contributed by atoms with Crippen LogP contribution in [0.4, 0.5) is 5.69 Å². The third-order valence-corrected chi connectivity index (χ3v) is 3.69. The molecule has 7 heteroatoms. The Morgan fingerprint density at radius 2 is 2.18 bits per heavy atom. The molecule has 22 heavy (non-hydrogen) atoms. The van der Waals surface area contributed by atoms with Crippen LogP contribution in [0.2, 0.25) is 5.02 Å². The molecule has 0 saturated heterocycles. The lowest BCUT2D eigenvalue weighted by Gasteiger charge is -2.21. The smallest absolute Gasteiger partial charge is 0.243 e. The molecule has 0 aliphatic rings. The van der Waals surface area contributed by atoms with E-state index in [-0.39, 0.29) is 18.5 Å². The molecule has 2 aromatic rings. The summed E-state index contributed by atoms with van der Waals surface area (Å²) in [5.74, 6) is 1.01. The minimum Gasteiger partial charge on any atom is -0.338 e. The van der Waals surface area contributed by atoms with Crippen molar-refractivity contribution in [2.75, 3.05) is 18.9 Å². The Kier molecular flexibility index (Phi) is 5.51. The lowest BCUT2D eigenvalue weighted by molar-refractivity contribution is -0.117. The zero-order chi connectivity index (χ0) is 16.1. The number of rotatable bonds is 6. The number of aryl methyl sites for hydroxylation is 1. The van der Waals surface area contributed by atoms with Gasteiger partial charge in [-0.15, -0.1) is 0 Å². The highest BCUT2D eigenvalue weighted by atomic mass is 35.5. The van der Waals surface area contributed by atoms with Crippen LogP contribution in [-0.4, -0.2) is 34.5 Å². The van der Waals surface area contributed by atoms with E-state index in [1.807, 2.05) is 37.9 Å². The van der Waals surface area contributed by atoms with Crippen molar-refractivity contribution in [1.29, 1.82) is 0 Å². The first-order valence-corrected chi connectivity index (χ1v) is 7.46. The van der Waals surface area contributed by atoms with E-state index in [1.165, 1.54) is 0 Å². The maximum absolute atomic E-state index is 12.1. The number of hydrogen-bond acceptors (Lipinski definition) is 5. The highest BCUT2D eigenvalue weighted by molar-refractivity contribution is 6.33. The van der Waals surface area contributed by atoms with E-state index in [1.54, 1.807) is 12.1 Å². The number of likely N-dealkylation sites (N-methyl/N-ethyl adjacent to an activating group) is 1. The summed E-state index contributed by atoms with van der Waals surface area (Å²) < 4.78 is 5.20. The van der Waals surface area contributed by atoms with Gasteiger partial charge in [0.25, 0.3) is 0 Å². The summed E-state index contributed by atoms with van der Waals surface area (Å²) in [7, 11) is 1.83. The van der Waals surface area contributed by atoms with E-state index in [0.29, 0.717) is 28.8 Å². The molecule has 1 amide bonds. The van der Waals surface area contributed by atoms with E-state index in [4.69, 9.17) is 16.1 Å². The van der Waals surface area contributed by atoms with Crippen LogP contribution in [0.3, 0.4) is 0 Å². The van der Waals surface area contributed by atoms with Crippen LogP contribution >= 0.6 is 11.6 Å². The Bertz CT molecular complexity index is 644. The standard InChI is InChI=1S/C15H19ClN4O2/c1-4-13-18-15(22-19-13)10(2)20(3)9-14(21)17-12-8-6-5-7-11(12)16/h5-8,10H,4,9H2,1-3H3,(H,17,21)/t10-/m0/s1. The number of carbonyl (C=O) groups is 1. The van der Waals surface area contributed by atoms with Crippen molar-refractivity contribution in [2.45, 2.75) is 26.3 Å². The second kappa shape index (κ2) is 7.38. The van der Waals surface area contributed by atoms with Gasteiger partial charge in [-0.25, -0.2) is 0 Å². The first kappa shape index (κ1) is 16.5. The van der Waals surface area contributed by atoms with Crippen molar-refractivity contribution in [3.63, 3.8) is 0 Å². The molecule has 0 spiro atoms. The van der Waals surface area contributed by atoms with Crippen molar-refractivity contribution >= 4 is 23.2 Å². The topological polar surface area (TPSA) is 71.3 Å². The first-order valence-electron chi connectivity index (χ1n) is 7.08. The fraction of sp³-hybridized carbons (Fsp3) is 0.400. The number of para-hydroxylation sites is 1. The van der Waals surface area contributed by atoms with Gasteiger partial charge in [-0.2, -0.15) is 4.98 Å². The molecule has 2 rings (SSSR count). The Labute approximate surface area is 134 Å². The van der Waals surface area contributed by atoms with Gasteiger partial charge in [0, 0.05) is 6.42 Å². The van der Waals surface area contributed by atoms with Gasteiger partial charge in [0.05, 0.1) is 23.3 Å². The van der Waals surface area contributed by atoms with Gasteiger partial charge in [0.1, 0.15) is 0 Å². The van der Waals surface area contributed by atoms with Gasteiger partial charge < -0.3 is 9.84 Å². The molecule has 0 radical (unpaired) electrons. The zero-order valence-electron chi connectivity index (χ0n) is 12.8. The van der Waals surface area contributed by atoms with Crippen molar-refractivity contribution in [2.24, 2.45) is 0 Å². The summed E-state index contributed by atoms with van der Waals surface area (Å²) in [5.41, 5.74) is 0.598. The third-order valence-electron chi connectivity index (χ3n) is 3.36. The molecule has 0 saturated carbocycles. The maximum atomic E-state index is 12.1. The average molecular weight is 323 g/mol. The number of amides is 1. The van der Waals surface area contributed by atoms with E-state index >= 15 is 0 Å². The predicted octanol–water partition coefficient (Wildman–Crippen LogP) is 2.92. The number of carbonyl (C=O) groups excluding carboxylic acids is 1. The van der Waals surface area contributed by atoms with Gasteiger partial charge in [0.2, 0.25) is 11.8 Å². The zero-order valence-corrected chi connectivity index (χ0v) is 13.6. The Balaban J connectivity index is 1.94. The molecule has 0 aliphatic carbocycles. The third kappa shape index (κ3) is 4.05. The maximum Gasteiger partial charge on any atom is 0.243 e. The molecule has 1 aromatic heterocycles. The molecule has 6 nitrogen and oxygen atoms in total. The lowest BCUT2D eigenvalue weighted by Crippen LogP contribution is -2.32. The minimum absolute atomic E-state index is 0.148. The average Bonchev–Trinajstić information content (AvgIpc) is 2.97. The summed E-state index contributed by atoms with van der Waals surface area (Å²) >= 11 is 6.02. The summed E-state index contributed by atoms with van der Waals surface area (Å²) in [6.07, 6.45) is 0.715. The molecule has 0 aliphatic heterocycles. The van der Waals surface area contributed by atoms with Gasteiger partial charge in [0.15, 0.2) is 5.82 Å². The highest BCUT2D eigenvalue weighted by Crippen LogP contribution is 2.21. The van der Waals surface area contributed by atoms with Crippen LogP contribution in [-0.2, 0) is 11.2 Å². The monoisotopic (exact) mass is 322 g/mol. The van der Waals surface area contributed by atoms with Gasteiger partial charge in [-0.05, 0) is 26.1 Å². The van der Waals surface area contributed by atoms with E-state index in [0.717, 1.165) is 0 Å². The van der Waals surface area contributed by atoms with Crippen LogP contribution in [0.15, 0.2) is 28.8 Å².